The van der Waals surface area contributed by atoms with Crippen molar-refractivity contribution < 1.29 is 8.42 Å². The van der Waals surface area contributed by atoms with Crippen LogP contribution in [0.1, 0.15) is 19.3 Å². The van der Waals surface area contributed by atoms with Crippen LogP contribution in [0.5, 0.6) is 0 Å². The summed E-state index contributed by atoms with van der Waals surface area (Å²) in [7, 11) is -3.18. The molecular formula is C11H20N4O2S. The van der Waals surface area contributed by atoms with Crippen molar-refractivity contribution in [2.75, 3.05) is 18.8 Å². The zero-order valence-corrected chi connectivity index (χ0v) is 11.2. The van der Waals surface area contributed by atoms with Crippen LogP contribution in [0.3, 0.4) is 0 Å². The van der Waals surface area contributed by atoms with Crippen molar-refractivity contribution in [1.29, 1.82) is 0 Å². The summed E-state index contributed by atoms with van der Waals surface area (Å²) >= 11 is 0. The van der Waals surface area contributed by atoms with E-state index in [1.165, 1.54) is 0 Å². The summed E-state index contributed by atoms with van der Waals surface area (Å²) < 4.78 is 28.2. The highest BCUT2D eigenvalue weighted by atomic mass is 32.2. The van der Waals surface area contributed by atoms with Crippen molar-refractivity contribution >= 4 is 10.0 Å². The fourth-order valence-corrected chi connectivity index (χ4v) is 3.47. The van der Waals surface area contributed by atoms with Gasteiger partial charge in [0.1, 0.15) is 0 Å². The van der Waals surface area contributed by atoms with Gasteiger partial charge in [0.05, 0.1) is 12.1 Å². The minimum absolute atomic E-state index is 0.101. The SMILES string of the molecule is O=S(=O)(CC1CCCCN1)NCCn1ccnc1. The average molecular weight is 272 g/mol. The van der Waals surface area contributed by atoms with E-state index >= 15 is 0 Å². The van der Waals surface area contributed by atoms with E-state index in [1.807, 2.05) is 10.8 Å². The Kier molecular flexibility index (Phi) is 4.73. The molecule has 0 spiro atoms. The van der Waals surface area contributed by atoms with Gasteiger partial charge in [0.25, 0.3) is 0 Å². The van der Waals surface area contributed by atoms with Gasteiger partial charge >= 0.3 is 0 Å². The molecule has 2 heterocycles. The van der Waals surface area contributed by atoms with Gasteiger partial charge in [-0.1, -0.05) is 6.42 Å². The van der Waals surface area contributed by atoms with Crippen molar-refractivity contribution in [1.82, 2.24) is 19.6 Å². The van der Waals surface area contributed by atoms with Crippen LogP contribution in [0.15, 0.2) is 18.7 Å². The van der Waals surface area contributed by atoms with Gasteiger partial charge in [0.2, 0.25) is 10.0 Å². The third kappa shape index (κ3) is 4.40. The second kappa shape index (κ2) is 6.31. The lowest BCUT2D eigenvalue weighted by molar-refractivity contribution is 0.422. The van der Waals surface area contributed by atoms with E-state index in [0.29, 0.717) is 13.1 Å². The van der Waals surface area contributed by atoms with Gasteiger partial charge in [0.15, 0.2) is 0 Å². The number of imidazole rings is 1. The molecule has 1 aromatic heterocycles. The van der Waals surface area contributed by atoms with Crippen LogP contribution in [0.2, 0.25) is 0 Å². The molecule has 1 saturated heterocycles. The maximum Gasteiger partial charge on any atom is 0.213 e. The highest BCUT2D eigenvalue weighted by Crippen LogP contribution is 2.08. The summed E-state index contributed by atoms with van der Waals surface area (Å²) in [5, 5.41) is 3.24. The van der Waals surface area contributed by atoms with Crippen molar-refractivity contribution in [2.45, 2.75) is 31.8 Å². The summed E-state index contributed by atoms with van der Waals surface area (Å²) in [5.41, 5.74) is 0. The number of hydrogen-bond donors (Lipinski definition) is 2. The second-order valence-electron chi connectivity index (χ2n) is 4.62. The summed E-state index contributed by atoms with van der Waals surface area (Å²) in [6.07, 6.45) is 8.38. The van der Waals surface area contributed by atoms with Crippen LogP contribution in [-0.4, -0.2) is 42.9 Å². The maximum absolute atomic E-state index is 11.9. The third-order valence-electron chi connectivity index (χ3n) is 3.08. The Bertz CT molecular complexity index is 438. The smallest absolute Gasteiger partial charge is 0.213 e. The van der Waals surface area contributed by atoms with E-state index in [9.17, 15) is 8.42 Å². The van der Waals surface area contributed by atoms with Crippen LogP contribution in [-0.2, 0) is 16.6 Å². The van der Waals surface area contributed by atoms with Gasteiger partial charge in [-0.05, 0) is 19.4 Å². The minimum Gasteiger partial charge on any atom is -0.336 e. The Balaban J connectivity index is 1.73. The molecule has 0 aromatic carbocycles. The van der Waals surface area contributed by atoms with Crippen LogP contribution < -0.4 is 10.0 Å². The molecule has 18 heavy (non-hydrogen) atoms. The van der Waals surface area contributed by atoms with Gasteiger partial charge in [-0.15, -0.1) is 0 Å². The predicted octanol–water partition coefficient (Wildman–Crippen LogP) is -0.0554. The van der Waals surface area contributed by atoms with Crippen LogP contribution in [0, 0.1) is 0 Å². The molecule has 1 atom stereocenters. The zero-order chi connectivity index (χ0) is 12.8. The highest BCUT2D eigenvalue weighted by Gasteiger charge is 2.20. The van der Waals surface area contributed by atoms with E-state index in [2.05, 4.69) is 15.0 Å². The first kappa shape index (κ1) is 13.5. The Morgan fingerprint density at radius 2 is 2.33 bits per heavy atom. The molecule has 6 nitrogen and oxygen atoms in total. The lowest BCUT2D eigenvalue weighted by Crippen LogP contribution is -2.43. The molecule has 0 saturated carbocycles. The second-order valence-corrected chi connectivity index (χ2v) is 6.47. The molecule has 2 N–H and O–H groups in total. The summed E-state index contributed by atoms with van der Waals surface area (Å²) in [4.78, 5) is 3.91. The van der Waals surface area contributed by atoms with Crippen molar-refractivity contribution in [2.24, 2.45) is 0 Å². The quantitative estimate of drug-likeness (QED) is 0.761. The number of nitrogens with zero attached hydrogens (tertiary/aromatic N) is 2. The number of rotatable bonds is 6. The Morgan fingerprint density at radius 1 is 1.44 bits per heavy atom. The van der Waals surface area contributed by atoms with Gasteiger partial charge in [-0.3, -0.25) is 0 Å². The number of sulfonamides is 1. The highest BCUT2D eigenvalue weighted by molar-refractivity contribution is 7.89. The lowest BCUT2D eigenvalue weighted by atomic mass is 10.1. The number of piperidine rings is 1. The van der Waals surface area contributed by atoms with Gasteiger partial charge in [-0.2, -0.15) is 0 Å². The molecule has 0 aliphatic carbocycles. The van der Waals surface area contributed by atoms with E-state index in [1.54, 1.807) is 12.5 Å². The molecule has 0 bridgehead atoms. The molecule has 2 rings (SSSR count). The first-order valence-corrected chi connectivity index (χ1v) is 7.97. The predicted molar refractivity (Wildman–Crippen MR) is 69.7 cm³/mol. The minimum atomic E-state index is -3.18. The normalized spacial score (nSPS) is 21.0. The maximum atomic E-state index is 11.9. The molecule has 1 aliphatic heterocycles. The van der Waals surface area contributed by atoms with E-state index in [4.69, 9.17) is 0 Å². The zero-order valence-electron chi connectivity index (χ0n) is 10.4. The third-order valence-corrected chi connectivity index (χ3v) is 4.57. The number of hydrogen-bond acceptors (Lipinski definition) is 4. The first-order valence-electron chi connectivity index (χ1n) is 6.32. The van der Waals surface area contributed by atoms with Crippen LogP contribution >= 0.6 is 0 Å². The Labute approximate surface area is 108 Å². The number of aromatic nitrogens is 2. The van der Waals surface area contributed by atoms with E-state index in [0.717, 1.165) is 25.8 Å². The van der Waals surface area contributed by atoms with Gasteiger partial charge in [-0.25, -0.2) is 18.1 Å². The van der Waals surface area contributed by atoms with Crippen LogP contribution in [0.4, 0.5) is 0 Å². The largest absolute Gasteiger partial charge is 0.336 e. The molecule has 1 unspecified atom stereocenters. The first-order chi connectivity index (χ1) is 8.66. The van der Waals surface area contributed by atoms with Crippen molar-refractivity contribution in [3.63, 3.8) is 0 Å². The van der Waals surface area contributed by atoms with Crippen LogP contribution in [0.25, 0.3) is 0 Å². The fourth-order valence-electron chi connectivity index (χ4n) is 2.14. The van der Waals surface area contributed by atoms with Gasteiger partial charge in [0, 0.05) is 31.5 Å². The molecule has 7 heteroatoms. The standard InChI is InChI=1S/C11H20N4O2S/c16-18(17,9-11-3-1-2-4-13-11)14-6-8-15-7-5-12-10-15/h5,7,10-11,13-14H,1-4,6,8-9H2. The lowest BCUT2D eigenvalue weighted by Gasteiger charge is -2.23. The van der Waals surface area contributed by atoms with E-state index < -0.39 is 10.0 Å². The monoisotopic (exact) mass is 272 g/mol. The summed E-state index contributed by atoms with van der Waals surface area (Å²) in [6, 6.07) is 0.101. The fraction of sp³-hybridized carbons (Fsp3) is 0.727. The van der Waals surface area contributed by atoms with E-state index in [-0.39, 0.29) is 11.8 Å². The molecule has 102 valence electrons. The molecule has 1 aromatic rings. The summed E-state index contributed by atoms with van der Waals surface area (Å²) in [6.45, 7) is 1.94. The summed E-state index contributed by atoms with van der Waals surface area (Å²) in [5.74, 6) is 0.178. The average Bonchev–Trinajstić information content (AvgIpc) is 2.82. The molecule has 0 amide bonds. The van der Waals surface area contributed by atoms with Crippen molar-refractivity contribution in [3.8, 4) is 0 Å². The molecule has 0 radical (unpaired) electrons. The van der Waals surface area contributed by atoms with Gasteiger partial charge < -0.3 is 9.88 Å². The number of nitrogens with one attached hydrogen (secondary N) is 2. The molecular weight excluding hydrogens is 252 g/mol. The van der Waals surface area contributed by atoms with Crippen molar-refractivity contribution in [3.05, 3.63) is 18.7 Å². The molecule has 1 aliphatic rings. The topological polar surface area (TPSA) is 76.0 Å². The molecule has 1 fully saturated rings. The Hall–Kier alpha value is -0.920. The Morgan fingerprint density at radius 3 is 3.00 bits per heavy atom.